The number of hydrogen-bond acceptors (Lipinski definition) is 4. The third-order valence-corrected chi connectivity index (χ3v) is 5.30. The Hall–Kier alpha value is -1.92. The van der Waals surface area contributed by atoms with E-state index in [1.54, 1.807) is 9.80 Å². The van der Waals surface area contributed by atoms with Gasteiger partial charge in [-0.05, 0) is 12.8 Å². The van der Waals surface area contributed by atoms with E-state index >= 15 is 0 Å². The quantitative estimate of drug-likeness (QED) is 0.663. The summed E-state index contributed by atoms with van der Waals surface area (Å²) in [4.78, 5) is 53.0. The van der Waals surface area contributed by atoms with Crippen molar-refractivity contribution in [2.24, 2.45) is 11.8 Å². The van der Waals surface area contributed by atoms with Crippen molar-refractivity contribution in [1.82, 2.24) is 14.7 Å². The van der Waals surface area contributed by atoms with E-state index in [1.807, 2.05) is 0 Å². The zero-order valence-corrected chi connectivity index (χ0v) is 13.5. The zero-order valence-electron chi connectivity index (χ0n) is 13.5. The molecule has 1 aliphatic carbocycles. The van der Waals surface area contributed by atoms with Crippen LogP contribution in [0, 0.1) is 11.8 Å². The summed E-state index contributed by atoms with van der Waals surface area (Å²) in [5.74, 6) is -0.956. The van der Waals surface area contributed by atoms with Crippen molar-refractivity contribution in [3.8, 4) is 0 Å². The molecule has 126 valence electrons. The monoisotopic (exact) mass is 321 g/mol. The van der Waals surface area contributed by atoms with Crippen LogP contribution in [-0.4, -0.2) is 71.1 Å². The van der Waals surface area contributed by atoms with Gasteiger partial charge in [-0.3, -0.25) is 24.1 Å². The van der Waals surface area contributed by atoms with E-state index in [0.29, 0.717) is 26.2 Å². The maximum Gasteiger partial charge on any atom is 0.242 e. The Kier molecular flexibility index (Phi) is 4.37. The van der Waals surface area contributed by atoms with Gasteiger partial charge in [-0.2, -0.15) is 0 Å². The molecule has 0 radical (unpaired) electrons. The van der Waals surface area contributed by atoms with Gasteiger partial charge in [-0.25, -0.2) is 0 Å². The first-order valence-corrected chi connectivity index (χ1v) is 8.37. The van der Waals surface area contributed by atoms with Gasteiger partial charge in [0.2, 0.25) is 23.6 Å². The van der Waals surface area contributed by atoms with Crippen LogP contribution < -0.4 is 0 Å². The number of rotatable bonds is 2. The molecule has 3 rings (SSSR count). The van der Waals surface area contributed by atoms with Crippen LogP contribution in [0.3, 0.4) is 0 Å². The lowest BCUT2D eigenvalue weighted by molar-refractivity contribution is -0.147. The molecule has 2 heterocycles. The summed E-state index contributed by atoms with van der Waals surface area (Å²) in [6.45, 7) is 3.30. The Bertz CT molecular complexity index is 515. The van der Waals surface area contributed by atoms with Gasteiger partial charge in [-0.15, -0.1) is 0 Å². The van der Waals surface area contributed by atoms with Gasteiger partial charge in [0.1, 0.15) is 6.54 Å². The van der Waals surface area contributed by atoms with Crippen molar-refractivity contribution in [1.29, 1.82) is 0 Å². The van der Waals surface area contributed by atoms with E-state index in [9.17, 15) is 19.2 Å². The van der Waals surface area contributed by atoms with Crippen molar-refractivity contribution < 1.29 is 19.2 Å². The molecule has 0 spiro atoms. The molecule has 3 aliphatic rings. The molecule has 0 aromatic heterocycles. The van der Waals surface area contributed by atoms with Crippen LogP contribution in [0.25, 0.3) is 0 Å². The standard InChI is InChI=1S/C16H23N3O4/c1-11(20)17-6-8-18(9-7-17)14(21)10-19-15(22)12-4-2-3-5-13(12)16(19)23/h12-13H,2-10H2,1H3/t12-,13-/m1/s1. The largest absolute Gasteiger partial charge is 0.339 e. The number of hydrogen-bond donors (Lipinski definition) is 0. The average molecular weight is 321 g/mol. The molecule has 2 aliphatic heterocycles. The summed E-state index contributed by atoms with van der Waals surface area (Å²) in [5, 5.41) is 0. The summed E-state index contributed by atoms with van der Waals surface area (Å²) >= 11 is 0. The molecule has 23 heavy (non-hydrogen) atoms. The number of fused-ring (bicyclic) bond motifs is 1. The van der Waals surface area contributed by atoms with Gasteiger partial charge in [-0.1, -0.05) is 12.8 Å². The number of carbonyl (C=O) groups excluding carboxylic acids is 4. The van der Waals surface area contributed by atoms with Gasteiger partial charge >= 0.3 is 0 Å². The zero-order chi connectivity index (χ0) is 16.6. The van der Waals surface area contributed by atoms with Gasteiger partial charge in [0.15, 0.2) is 0 Å². The minimum atomic E-state index is -0.210. The molecule has 0 bridgehead atoms. The number of carbonyl (C=O) groups is 4. The van der Waals surface area contributed by atoms with Crippen LogP contribution in [0.1, 0.15) is 32.6 Å². The van der Waals surface area contributed by atoms with E-state index in [4.69, 9.17) is 0 Å². The predicted molar refractivity (Wildman–Crippen MR) is 81.0 cm³/mol. The molecule has 7 heteroatoms. The van der Waals surface area contributed by atoms with Gasteiger partial charge in [0.25, 0.3) is 0 Å². The number of piperazine rings is 1. The molecule has 3 fully saturated rings. The van der Waals surface area contributed by atoms with Crippen molar-refractivity contribution in [2.45, 2.75) is 32.6 Å². The molecule has 2 atom stereocenters. The minimum Gasteiger partial charge on any atom is -0.339 e. The molecular formula is C16H23N3O4. The van der Waals surface area contributed by atoms with E-state index in [0.717, 1.165) is 25.7 Å². The fourth-order valence-electron chi connectivity index (χ4n) is 3.89. The maximum atomic E-state index is 12.4. The molecule has 7 nitrogen and oxygen atoms in total. The highest BCUT2D eigenvalue weighted by atomic mass is 16.2. The van der Waals surface area contributed by atoms with Crippen molar-refractivity contribution >= 4 is 23.6 Å². The van der Waals surface area contributed by atoms with E-state index < -0.39 is 0 Å². The fraction of sp³-hybridized carbons (Fsp3) is 0.750. The lowest BCUT2D eigenvalue weighted by Crippen LogP contribution is -2.52. The lowest BCUT2D eigenvalue weighted by Gasteiger charge is -2.34. The molecule has 1 saturated carbocycles. The van der Waals surface area contributed by atoms with Crippen molar-refractivity contribution in [2.75, 3.05) is 32.7 Å². The van der Waals surface area contributed by atoms with Crippen molar-refractivity contribution in [3.63, 3.8) is 0 Å². The highest BCUT2D eigenvalue weighted by molar-refractivity contribution is 6.07. The minimum absolute atomic E-state index is 0.00562. The molecule has 0 aromatic rings. The Morgan fingerprint density at radius 2 is 1.39 bits per heavy atom. The van der Waals surface area contributed by atoms with Gasteiger partial charge < -0.3 is 9.80 Å². The number of likely N-dealkylation sites (tertiary alicyclic amines) is 1. The third-order valence-electron chi connectivity index (χ3n) is 5.30. The fourth-order valence-corrected chi connectivity index (χ4v) is 3.89. The first kappa shape index (κ1) is 16.0. The summed E-state index contributed by atoms with van der Waals surface area (Å²) in [6.07, 6.45) is 3.48. The lowest BCUT2D eigenvalue weighted by atomic mass is 9.81. The molecule has 4 amide bonds. The van der Waals surface area contributed by atoms with Crippen LogP contribution in [-0.2, 0) is 19.2 Å². The van der Waals surface area contributed by atoms with E-state index in [-0.39, 0.29) is 42.0 Å². The highest BCUT2D eigenvalue weighted by Gasteiger charge is 2.48. The maximum absolute atomic E-state index is 12.4. The predicted octanol–water partition coefficient (Wildman–Crippen LogP) is -0.148. The van der Waals surface area contributed by atoms with Crippen LogP contribution >= 0.6 is 0 Å². The average Bonchev–Trinajstić information content (AvgIpc) is 2.80. The first-order chi connectivity index (χ1) is 11.0. The second-order valence-corrected chi connectivity index (χ2v) is 6.65. The normalized spacial score (nSPS) is 28.1. The second-order valence-electron chi connectivity index (χ2n) is 6.65. The Labute approximate surface area is 135 Å². The Morgan fingerprint density at radius 3 is 1.87 bits per heavy atom. The number of amides is 4. The summed E-state index contributed by atoms with van der Waals surface area (Å²) < 4.78 is 0. The van der Waals surface area contributed by atoms with Crippen LogP contribution in [0.5, 0.6) is 0 Å². The van der Waals surface area contributed by atoms with Crippen LogP contribution in [0.4, 0.5) is 0 Å². The SMILES string of the molecule is CC(=O)N1CCN(C(=O)CN2C(=O)[C@@H]3CCCC[C@H]3C2=O)CC1. The second kappa shape index (κ2) is 6.29. The van der Waals surface area contributed by atoms with Gasteiger partial charge in [0.05, 0.1) is 11.8 Å². The third kappa shape index (κ3) is 2.96. The molecule has 2 saturated heterocycles. The van der Waals surface area contributed by atoms with Gasteiger partial charge in [0, 0.05) is 33.1 Å². The summed E-state index contributed by atoms with van der Waals surface area (Å²) in [7, 11) is 0. The summed E-state index contributed by atoms with van der Waals surface area (Å²) in [5.41, 5.74) is 0. The van der Waals surface area contributed by atoms with Crippen LogP contribution in [0.2, 0.25) is 0 Å². The van der Waals surface area contributed by atoms with Crippen LogP contribution in [0.15, 0.2) is 0 Å². The number of nitrogens with zero attached hydrogens (tertiary/aromatic N) is 3. The summed E-state index contributed by atoms with van der Waals surface area (Å²) in [6, 6.07) is 0. The molecular weight excluding hydrogens is 298 g/mol. The van der Waals surface area contributed by atoms with E-state index in [2.05, 4.69) is 0 Å². The Balaban J connectivity index is 1.59. The first-order valence-electron chi connectivity index (χ1n) is 8.37. The van der Waals surface area contributed by atoms with E-state index in [1.165, 1.54) is 11.8 Å². The smallest absolute Gasteiger partial charge is 0.242 e. The molecule has 0 unspecified atom stereocenters. The van der Waals surface area contributed by atoms with Crippen molar-refractivity contribution in [3.05, 3.63) is 0 Å². The number of imide groups is 1. The highest BCUT2D eigenvalue weighted by Crippen LogP contribution is 2.37. The topological polar surface area (TPSA) is 78.0 Å². The molecule has 0 N–H and O–H groups in total. The Morgan fingerprint density at radius 1 is 0.913 bits per heavy atom. The molecule has 0 aromatic carbocycles.